The Morgan fingerprint density at radius 1 is 1.15 bits per heavy atom. The van der Waals surface area contributed by atoms with Gasteiger partial charge in [-0.05, 0) is 36.4 Å². The molecule has 0 unspecified atom stereocenters. The summed E-state index contributed by atoms with van der Waals surface area (Å²) in [6.45, 7) is 0. The molecule has 0 spiro atoms. The largest absolute Gasteiger partial charge is 0.359 e. The summed E-state index contributed by atoms with van der Waals surface area (Å²) < 4.78 is 15.0. The van der Waals surface area contributed by atoms with Crippen LogP contribution in [0.15, 0.2) is 65.3 Å². The monoisotopic (exact) mass is 431 g/mol. The second kappa shape index (κ2) is 6.70. The highest BCUT2D eigenvalue weighted by molar-refractivity contribution is 9.10. The van der Waals surface area contributed by atoms with E-state index in [-0.39, 0.29) is 5.91 Å². The summed E-state index contributed by atoms with van der Waals surface area (Å²) >= 11 is 9.15. The van der Waals surface area contributed by atoms with Crippen molar-refractivity contribution in [1.82, 2.24) is 4.98 Å². The molecule has 0 saturated heterocycles. The van der Waals surface area contributed by atoms with Crippen LogP contribution in [0.3, 0.4) is 0 Å². The molecule has 130 valence electrons. The molecule has 0 saturated carbocycles. The first-order valence-corrected chi connectivity index (χ1v) is 8.97. The van der Waals surface area contributed by atoms with Gasteiger partial charge in [-0.1, -0.05) is 45.7 Å². The Morgan fingerprint density at radius 2 is 1.96 bits per heavy atom. The van der Waals surface area contributed by atoms with E-state index in [0.717, 1.165) is 5.56 Å². The maximum absolute atomic E-state index is 14.3. The normalized spacial score (nSPS) is 15.9. The summed E-state index contributed by atoms with van der Waals surface area (Å²) in [6.07, 6.45) is 0.896. The third-order valence-electron chi connectivity index (χ3n) is 4.14. The summed E-state index contributed by atoms with van der Waals surface area (Å²) in [4.78, 5) is 18.7. The predicted octanol–water partition coefficient (Wildman–Crippen LogP) is 5.41. The number of halogens is 3. The Labute approximate surface area is 162 Å². The lowest BCUT2D eigenvalue weighted by Crippen LogP contribution is -2.33. The van der Waals surface area contributed by atoms with Gasteiger partial charge in [-0.2, -0.15) is 0 Å². The van der Waals surface area contributed by atoms with Gasteiger partial charge in [0.2, 0.25) is 0 Å². The molecule has 0 radical (unpaired) electrons. The Balaban J connectivity index is 1.79. The van der Waals surface area contributed by atoms with Gasteiger partial charge in [-0.3, -0.25) is 9.69 Å². The van der Waals surface area contributed by atoms with E-state index in [2.05, 4.69) is 26.2 Å². The SMILES string of the molecule is O=C1c2ccccc2[C@H](Nc2ccc(Br)cc2F)N1c1ccc(Cl)cn1. The van der Waals surface area contributed by atoms with Crippen molar-refractivity contribution in [1.29, 1.82) is 0 Å². The first kappa shape index (κ1) is 17.0. The van der Waals surface area contributed by atoms with E-state index in [9.17, 15) is 9.18 Å². The molecule has 4 nitrogen and oxygen atoms in total. The van der Waals surface area contributed by atoms with E-state index >= 15 is 0 Å². The fraction of sp³-hybridized carbons (Fsp3) is 0.0526. The van der Waals surface area contributed by atoms with E-state index in [1.165, 1.54) is 17.2 Å². The fourth-order valence-electron chi connectivity index (χ4n) is 2.96. The Morgan fingerprint density at radius 3 is 2.69 bits per heavy atom. The van der Waals surface area contributed by atoms with Gasteiger partial charge in [0.15, 0.2) is 0 Å². The maximum atomic E-state index is 14.3. The molecule has 0 aliphatic carbocycles. The molecule has 1 N–H and O–H groups in total. The van der Waals surface area contributed by atoms with Gasteiger partial charge in [0.05, 0.1) is 10.7 Å². The van der Waals surface area contributed by atoms with Crippen LogP contribution in [0.4, 0.5) is 15.9 Å². The number of nitrogens with one attached hydrogen (secondary N) is 1. The summed E-state index contributed by atoms with van der Waals surface area (Å²) in [5.74, 6) is -0.184. The van der Waals surface area contributed by atoms with Crippen molar-refractivity contribution >= 4 is 44.9 Å². The van der Waals surface area contributed by atoms with Crippen LogP contribution in [0, 0.1) is 5.82 Å². The van der Waals surface area contributed by atoms with Crippen LogP contribution in [0.1, 0.15) is 22.1 Å². The summed E-state index contributed by atoms with van der Waals surface area (Å²) in [5.41, 5.74) is 1.61. The number of anilines is 2. The van der Waals surface area contributed by atoms with Crippen LogP contribution in [0.5, 0.6) is 0 Å². The number of hydrogen-bond acceptors (Lipinski definition) is 3. The molecule has 2 aromatic carbocycles. The van der Waals surface area contributed by atoms with Crippen LogP contribution < -0.4 is 10.2 Å². The van der Waals surface area contributed by atoms with Crippen LogP contribution >= 0.6 is 27.5 Å². The van der Waals surface area contributed by atoms with Gasteiger partial charge in [0, 0.05) is 21.8 Å². The predicted molar refractivity (Wildman–Crippen MR) is 103 cm³/mol. The minimum atomic E-state index is -0.581. The lowest BCUT2D eigenvalue weighted by atomic mass is 10.1. The highest BCUT2D eigenvalue weighted by atomic mass is 79.9. The molecule has 1 aliphatic heterocycles. The molecule has 1 aromatic heterocycles. The molecule has 0 fully saturated rings. The van der Waals surface area contributed by atoms with Crippen molar-refractivity contribution in [2.45, 2.75) is 6.17 Å². The number of aromatic nitrogens is 1. The quantitative estimate of drug-likeness (QED) is 0.602. The Kier molecular flexibility index (Phi) is 4.38. The number of fused-ring (bicyclic) bond motifs is 1. The van der Waals surface area contributed by atoms with Crippen LogP contribution in [0.2, 0.25) is 5.02 Å². The molecule has 7 heteroatoms. The molecular weight excluding hydrogens is 421 g/mol. The number of hydrogen-bond donors (Lipinski definition) is 1. The first-order chi connectivity index (χ1) is 12.5. The van der Waals surface area contributed by atoms with Crippen molar-refractivity contribution in [2.75, 3.05) is 10.2 Å². The van der Waals surface area contributed by atoms with Gasteiger partial charge in [-0.15, -0.1) is 0 Å². The maximum Gasteiger partial charge on any atom is 0.261 e. The molecule has 1 atom stereocenters. The number of pyridine rings is 1. The van der Waals surface area contributed by atoms with Crippen molar-refractivity contribution < 1.29 is 9.18 Å². The van der Waals surface area contributed by atoms with Crippen molar-refractivity contribution in [3.05, 3.63) is 87.2 Å². The molecule has 1 amide bonds. The average molecular weight is 433 g/mol. The fourth-order valence-corrected chi connectivity index (χ4v) is 3.40. The van der Waals surface area contributed by atoms with E-state index < -0.39 is 12.0 Å². The van der Waals surface area contributed by atoms with Crippen molar-refractivity contribution in [3.8, 4) is 0 Å². The number of amides is 1. The number of nitrogens with zero attached hydrogens (tertiary/aromatic N) is 2. The molecule has 2 heterocycles. The summed E-state index contributed by atoms with van der Waals surface area (Å²) in [5, 5.41) is 3.60. The minimum Gasteiger partial charge on any atom is -0.359 e. The molecule has 26 heavy (non-hydrogen) atoms. The highest BCUT2D eigenvalue weighted by Crippen LogP contribution is 2.38. The van der Waals surface area contributed by atoms with Gasteiger partial charge in [0.1, 0.15) is 17.8 Å². The second-order valence-corrected chi connectivity index (χ2v) is 7.12. The molecule has 4 rings (SSSR count). The van der Waals surface area contributed by atoms with Crippen molar-refractivity contribution in [3.63, 3.8) is 0 Å². The van der Waals surface area contributed by atoms with Gasteiger partial charge >= 0.3 is 0 Å². The zero-order valence-electron chi connectivity index (χ0n) is 13.3. The van der Waals surface area contributed by atoms with E-state index in [4.69, 9.17) is 11.6 Å². The van der Waals surface area contributed by atoms with E-state index in [1.54, 1.807) is 36.4 Å². The Bertz CT molecular complexity index is 996. The van der Waals surface area contributed by atoms with Gasteiger partial charge < -0.3 is 5.32 Å². The molecule has 1 aliphatic rings. The average Bonchev–Trinajstić information content (AvgIpc) is 2.91. The van der Waals surface area contributed by atoms with E-state index in [1.807, 2.05) is 12.1 Å². The lowest BCUT2D eigenvalue weighted by Gasteiger charge is -2.26. The number of rotatable bonds is 3. The summed E-state index contributed by atoms with van der Waals surface area (Å²) in [6, 6.07) is 15.3. The number of carbonyl (C=O) groups excluding carboxylic acids is 1. The molecule has 3 aromatic rings. The molecular formula is C19H12BrClFN3O. The van der Waals surface area contributed by atoms with E-state index in [0.29, 0.717) is 26.6 Å². The number of benzene rings is 2. The zero-order chi connectivity index (χ0) is 18.3. The van der Waals surface area contributed by atoms with Gasteiger partial charge in [0.25, 0.3) is 5.91 Å². The highest BCUT2D eigenvalue weighted by Gasteiger charge is 2.38. The smallest absolute Gasteiger partial charge is 0.261 e. The van der Waals surface area contributed by atoms with Crippen molar-refractivity contribution in [2.24, 2.45) is 0 Å². The third-order valence-corrected chi connectivity index (χ3v) is 4.86. The van der Waals surface area contributed by atoms with Crippen LogP contribution in [-0.4, -0.2) is 10.9 Å². The zero-order valence-corrected chi connectivity index (χ0v) is 15.6. The standard InChI is InChI=1S/C19H12BrClFN3O/c20-11-5-7-16(15(22)9-11)24-18-13-3-1-2-4-14(13)19(26)25(18)17-8-6-12(21)10-23-17/h1-10,18,24H/t18-/m1/s1. The first-order valence-electron chi connectivity index (χ1n) is 7.80. The van der Waals surface area contributed by atoms with Gasteiger partial charge in [-0.25, -0.2) is 9.37 Å². The summed E-state index contributed by atoms with van der Waals surface area (Å²) in [7, 11) is 0. The Hall–Kier alpha value is -2.44. The third kappa shape index (κ3) is 2.95. The topological polar surface area (TPSA) is 45.2 Å². The minimum absolute atomic E-state index is 0.203. The second-order valence-electron chi connectivity index (χ2n) is 5.77. The van der Waals surface area contributed by atoms with Crippen LogP contribution in [0.25, 0.3) is 0 Å². The lowest BCUT2D eigenvalue weighted by molar-refractivity contribution is 0.0992. The molecule has 0 bridgehead atoms. The number of carbonyl (C=O) groups is 1. The van der Waals surface area contributed by atoms with Crippen LogP contribution in [-0.2, 0) is 0 Å².